The molecule has 0 aromatic heterocycles. The Kier molecular flexibility index (Phi) is 6.54. The second-order valence-electron chi connectivity index (χ2n) is 5.81. The van der Waals surface area contributed by atoms with Crippen LogP contribution in [0.4, 0.5) is 15.8 Å². The minimum Gasteiger partial charge on any atom is -0.495 e. The highest BCUT2D eigenvalue weighted by atomic mass is 19.1. The summed E-state index contributed by atoms with van der Waals surface area (Å²) in [4.78, 5) is 23.5. The summed E-state index contributed by atoms with van der Waals surface area (Å²) in [6.07, 6.45) is 0. The van der Waals surface area contributed by atoms with Crippen LogP contribution in [-0.2, 0) is 16.1 Å². The summed E-state index contributed by atoms with van der Waals surface area (Å²) in [5.74, 6) is -0.175. The van der Waals surface area contributed by atoms with Gasteiger partial charge in [-0.15, -0.1) is 0 Å². The van der Waals surface area contributed by atoms with Crippen molar-refractivity contribution in [2.75, 3.05) is 17.7 Å². The van der Waals surface area contributed by atoms with Gasteiger partial charge in [-0.25, -0.2) is 4.39 Å². The van der Waals surface area contributed by atoms with Gasteiger partial charge in [-0.2, -0.15) is 0 Å². The maximum absolute atomic E-state index is 12.9. The number of hydrogen-bond donors (Lipinski definition) is 3. The Morgan fingerprint density at radius 3 is 2.46 bits per heavy atom. The van der Waals surface area contributed by atoms with Crippen LogP contribution in [-0.4, -0.2) is 25.0 Å². The number of nitrogens with one attached hydrogen (secondary N) is 3. The van der Waals surface area contributed by atoms with Crippen LogP contribution in [0.1, 0.15) is 19.4 Å². The number of ether oxygens (including phenoxy) is 1. The quantitative estimate of drug-likeness (QED) is 0.710. The summed E-state index contributed by atoms with van der Waals surface area (Å²) < 4.78 is 18.2. The van der Waals surface area contributed by atoms with Gasteiger partial charge in [0.25, 0.3) is 0 Å². The molecule has 138 valence electrons. The minimum absolute atomic E-state index is 0.189. The molecule has 0 aliphatic heterocycles. The average Bonchev–Trinajstić information content (AvgIpc) is 2.60. The van der Waals surface area contributed by atoms with Crippen LogP contribution in [0.3, 0.4) is 0 Å². The first kappa shape index (κ1) is 19.2. The van der Waals surface area contributed by atoms with Crippen molar-refractivity contribution in [3.63, 3.8) is 0 Å². The lowest BCUT2D eigenvalue weighted by molar-refractivity contribution is -0.121. The molecule has 0 radical (unpaired) electrons. The predicted octanol–water partition coefficient (Wildman–Crippen LogP) is 2.91. The second kappa shape index (κ2) is 8.84. The van der Waals surface area contributed by atoms with Gasteiger partial charge in [-0.05, 0) is 42.8 Å². The molecule has 1 atom stereocenters. The summed E-state index contributed by atoms with van der Waals surface area (Å²) in [7, 11) is 1.53. The molecule has 0 aliphatic rings. The molecule has 0 heterocycles. The molecule has 0 aliphatic carbocycles. The third-order valence-corrected chi connectivity index (χ3v) is 3.67. The van der Waals surface area contributed by atoms with Gasteiger partial charge in [-0.3, -0.25) is 9.59 Å². The zero-order valence-corrected chi connectivity index (χ0v) is 14.9. The van der Waals surface area contributed by atoms with Gasteiger partial charge >= 0.3 is 0 Å². The highest BCUT2D eigenvalue weighted by Gasteiger charge is 2.15. The Balaban J connectivity index is 2.00. The molecule has 2 aromatic rings. The molecule has 3 N–H and O–H groups in total. The van der Waals surface area contributed by atoms with Gasteiger partial charge < -0.3 is 20.7 Å². The first-order chi connectivity index (χ1) is 12.4. The number of benzene rings is 2. The zero-order valence-electron chi connectivity index (χ0n) is 14.9. The number of rotatable bonds is 7. The number of carbonyl (C=O) groups is 2. The molecule has 26 heavy (non-hydrogen) atoms. The van der Waals surface area contributed by atoms with E-state index in [0.717, 1.165) is 5.56 Å². The molecule has 0 fully saturated rings. The van der Waals surface area contributed by atoms with Crippen molar-refractivity contribution in [3.8, 4) is 5.75 Å². The van der Waals surface area contributed by atoms with E-state index in [-0.39, 0.29) is 17.6 Å². The molecule has 0 saturated carbocycles. The SMILES string of the molecule is COc1ccc(NC(C)=O)cc1NC(C)C(=O)NCc1ccc(F)cc1. The van der Waals surface area contributed by atoms with E-state index < -0.39 is 6.04 Å². The van der Waals surface area contributed by atoms with E-state index in [1.807, 2.05) is 0 Å². The average molecular weight is 359 g/mol. The smallest absolute Gasteiger partial charge is 0.242 e. The largest absolute Gasteiger partial charge is 0.495 e. The summed E-state index contributed by atoms with van der Waals surface area (Å²) in [5, 5.41) is 8.54. The molecule has 7 heteroatoms. The molecule has 2 amide bonds. The van der Waals surface area contributed by atoms with Crippen molar-refractivity contribution in [2.45, 2.75) is 26.4 Å². The van der Waals surface area contributed by atoms with Crippen molar-refractivity contribution in [2.24, 2.45) is 0 Å². The Morgan fingerprint density at radius 1 is 1.15 bits per heavy atom. The Bertz CT molecular complexity index is 778. The van der Waals surface area contributed by atoms with Crippen molar-refractivity contribution in [3.05, 3.63) is 53.8 Å². The third-order valence-electron chi connectivity index (χ3n) is 3.67. The molecule has 0 bridgehead atoms. The highest BCUT2D eigenvalue weighted by molar-refractivity contribution is 5.90. The van der Waals surface area contributed by atoms with Crippen LogP contribution in [0.5, 0.6) is 5.75 Å². The van der Waals surface area contributed by atoms with E-state index in [4.69, 9.17) is 4.74 Å². The number of anilines is 2. The van der Waals surface area contributed by atoms with E-state index in [1.54, 1.807) is 37.3 Å². The van der Waals surface area contributed by atoms with Crippen LogP contribution in [0.15, 0.2) is 42.5 Å². The van der Waals surface area contributed by atoms with Crippen LogP contribution in [0.2, 0.25) is 0 Å². The van der Waals surface area contributed by atoms with Gasteiger partial charge in [0.05, 0.1) is 12.8 Å². The van der Waals surface area contributed by atoms with Gasteiger partial charge in [-0.1, -0.05) is 12.1 Å². The molecule has 2 aromatic carbocycles. The van der Waals surface area contributed by atoms with Crippen LogP contribution < -0.4 is 20.7 Å². The highest BCUT2D eigenvalue weighted by Crippen LogP contribution is 2.28. The van der Waals surface area contributed by atoms with Gasteiger partial charge in [0.2, 0.25) is 11.8 Å². The Hall–Kier alpha value is -3.09. The van der Waals surface area contributed by atoms with Crippen molar-refractivity contribution in [1.29, 1.82) is 0 Å². The molecule has 1 unspecified atom stereocenters. The normalized spacial score (nSPS) is 11.4. The zero-order chi connectivity index (χ0) is 19.1. The third kappa shape index (κ3) is 5.47. The number of amides is 2. The maximum Gasteiger partial charge on any atom is 0.242 e. The molecular formula is C19H22FN3O3. The number of methoxy groups -OCH3 is 1. The monoisotopic (exact) mass is 359 g/mol. The van der Waals surface area contributed by atoms with Gasteiger partial charge in [0, 0.05) is 19.2 Å². The van der Waals surface area contributed by atoms with Crippen molar-refractivity contribution >= 4 is 23.2 Å². The first-order valence-corrected chi connectivity index (χ1v) is 8.13. The standard InChI is InChI=1S/C19H22FN3O3/c1-12(19(25)21-11-14-4-6-15(20)7-5-14)22-17-10-16(23-13(2)24)8-9-18(17)26-3/h4-10,12,22H,11H2,1-3H3,(H,21,25)(H,23,24). The van der Waals surface area contributed by atoms with E-state index in [1.165, 1.54) is 26.2 Å². The predicted molar refractivity (Wildman–Crippen MR) is 98.6 cm³/mol. The fourth-order valence-corrected chi connectivity index (χ4v) is 2.35. The fourth-order valence-electron chi connectivity index (χ4n) is 2.35. The van der Waals surface area contributed by atoms with E-state index in [0.29, 0.717) is 23.7 Å². The lowest BCUT2D eigenvalue weighted by Gasteiger charge is -2.18. The number of halogens is 1. The first-order valence-electron chi connectivity index (χ1n) is 8.13. The van der Waals surface area contributed by atoms with Gasteiger partial charge in [0.15, 0.2) is 0 Å². The van der Waals surface area contributed by atoms with Crippen molar-refractivity contribution in [1.82, 2.24) is 5.32 Å². The Morgan fingerprint density at radius 2 is 1.85 bits per heavy atom. The lowest BCUT2D eigenvalue weighted by Crippen LogP contribution is -2.37. The second-order valence-corrected chi connectivity index (χ2v) is 5.81. The van der Waals surface area contributed by atoms with Crippen LogP contribution >= 0.6 is 0 Å². The van der Waals surface area contributed by atoms with Gasteiger partial charge in [0.1, 0.15) is 17.6 Å². The van der Waals surface area contributed by atoms with Crippen molar-refractivity contribution < 1.29 is 18.7 Å². The molecule has 0 spiro atoms. The van der Waals surface area contributed by atoms with E-state index in [2.05, 4.69) is 16.0 Å². The van der Waals surface area contributed by atoms with E-state index >= 15 is 0 Å². The molecular weight excluding hydrogens is 337 g/mol. The molecule has 2 rings (SSSR count). The summed E-state index contributed by atoms with van der Waals surface area (Å²) in [6, 6.07) is 10.5. The van der Waals surface area contributed by atoms with Crippen LogP contribution in [0.25, 0.3) is 0 Å². The fraction of sp³-hybridized carbons (Fsp3) is 0.263. The van der Waals surface area contributed by atoms with E-state index in [9.17, 15) is 14.0 Å². The van der Waals surface area contributed by atoms with Crippen LogP contribution in [0, 0.1) is 5.82 Å². The number of hydrogen-bond acceptors (Lipinski definition) is 4. The number of carbonyl (C=O) groups excluding carboxylic acids is 2. The summed E-state index contributed by atoms with van der Waals surface area (Å²) >= 11 is 0. The Labute approximate surface area is 151 Å². The topological polar surface area (TPSA) is 79.5 Å². The maximum atomic E-state index is 12.9. The lowest BCUT2D eigenvalue weighted by atomic mass is 10.2. The summed E-state index contributed by atoms with van der Waals surface area (Å²) in [6.45, 7) is 3.43. The molecule has 6 nitrogen and oxygen atoms in total. The summed E-state index contributed by atoms with van der Waals surface area (Å²) in [5.41, 5.74) is 1.99. The molecule has 0 saturated heterocycles. The minimum atomic E-state index is -0.545.